The maximum absolute atomic E-state index is 11.5. The van der Waals surface area contributed by atoms with Gasteiger partial charge in [0.2, 0.25) is 5.91 Å². The van der Waals surface area contributed by atoms with Crippen molar-refractivity contribution in [1.29, 1.82) is 0 Å². The Hall–Kier alpha value is -1.63. The maximum atomic E-state index is 11.5. The predicted octanol–water partition coefficient (Wildman–Crippen LogP) is 0.730. The van der Waals surface area contributed by atoms with Crippen LogP contribution in [0.3, 0.4) is 0 Å². The molecule has 0 spiro atoms. The number of carbonyl (C=O) groups is 2. The quantitative estimate of drug-likeness (QED) is 0.814. The zero-order valence-electron chi connectivity index (χ0n) is 9.22. The molecule has 0 aromatic carbocycles. The van der Waals surface area contributed by atoms with Gasteiger partial charge in [-0.3, -0.25) is 4.79 Å². The van der Waals surface area contributed by atoms with Gasteiger partial charge in [-0.1, -0.05) is 0 Å². The van der Waals surface area contributed by atoms with Gasteiger partial charge >= 0.3 is 5.97 Å². The topological polar surface area (TPSA) is 82.5 Å². The highest BCUT2D eigenvalue weighted by Gasteiger charge is 2.16. The summed E-state index contributed by atoms with van der Waals surface area (Å²) in [5.74, 6) is -1.16. The number of hydrogen-bond acceptors (Lipinski definition) is 5. The average molecular weight is 243 g/mol. The fourth-order valence-corrected chi connectivity index (χ4v) is 1.85. The molecule has 1 aromatic heterocycles. The molecule has 88 valence electrons. The Morgan fingerprint density at radius 3 is 2.62 bits per heavy atom. The molecule has 16 heavy (non-hydrogen) atoms. The fraction of sp³-hybridized carbons (Fsp3) is 0.444. The molecule has 0 radical (unpaired) electrons. The van der Waals surface area contributed by atoms with Crippen LogP contribution in [0.4, 0.5) is 5.13 Å². The Balaban J connectivity index is 2.66. The van der Waals surface area contributed by atoms with E-state index in [0.29, 0.717) is 5.13 Å². The van der Waals surface area contributed by atoms with E-state index in [9.17, 15) is 9.59 Å². The summed E-state index contributed by atoms with van der Waals surface area (Å²) < 4.78 is 0. The normalized spacial score (nSPS) is 11.9. The van der Waals surface area contributed by atoms with E-state index in [1.165, 1.54) is 10.3 Å². The summed E-state index contributed by atoms with van der Waals surface area (Å²) in [6.45, 7) is 1.70. The summed E-state index contributed by atoms with van der Waals surface area (Å²) in [7, 11) is 3.32. The van der Waals surface area contributed by atoms with Crippen LogP contribution >= 0.6 is 11.3 Å². The smallest absolute Gasteiger partial charge is 0.355 e. The number of aromatic carboxylic acids is 1. The van der Waals surface area contributed by atoms with Crippen molar-refractivity contribution in [3.8, 4) is 0 Å². The van der Waals surface area contributed by atoms with Crippen molar-refractivity contribution in [2.45, 2.75) is 13.0 Å². The van der Waals surface area contributed by atoms with E-state index in [0.717, 1.165) is 11.3 Å². The monoisotopic (exact) mass is 243 g/mol. The van der Waals surface area contributed by atoms with Crippen LogP contribution in [-0.4, -0.2) is 47.0 Å². The van der Waals surface area contributed by atoms with Gasteiger partial charge in [0.1, 0.15) is 6.04 Å². The van der Waals surface area contributed by atoms with Crippen LogP contribution < -0.4 is 5.32 Å². The highest BCUT2D eigenvalue weighted by atomic mass is 32.1. The Labute approximate surface area is 96.9 Å². The second-order valence-corrected chi connectivity index (χ2v) is 4.30. The lowest BCUT2D eigenvalue weighted by molar-refractivity contribution is -0.129. The zero-order valence-corrected chi connectivity index (χ0v) is 10.0. The lowest BCUT2D eigenvalue weighted by Crippen LogP contribution is -2.36. The molecule has 1 rings (SSSR count). The molecule has 6 nitrogen and oxygen atoms in total. The number of nitrogens with one attached hydrogen (secondary N) is 1. The van der Waals surface area contributed by atoms with Crippen LogP contribution in [0.25, 0.3) is 0 Å². The van der Waals surface area contributed by atoms with Crippen molar-refractivity contribution >= 4 is 28.3 Å². The molecule has 0 fully saturated rings. The first-order valence-electron chi connectivity index (χ1n) is 4.58. The molecule has 0 saturated heterocycles. The third-order valence-corrected chi connectivity index (χ3v) is 2.65. The third-order valence-electron chi connectivity index (χ3n) is 1.87. The van der Waals surface area contributed by atoms with E-state index in [2.05, 4.69) is 10.3 Å². The molecule has 2 N–H and O–H groups in total. The summed E-state index contributed by atoms with van der Waals surface area (Å²) in [5.41, 5.74) is -0.0167. The van der Waals surface area contributed by atoms with Crippen molar-refractivity contribution in [1.82, 2.24) is 9.88 Å². The first kappa shape index (κ1) is 12.4. The number of nitrogens with zero attached hydrogens (tertiary/aromatic N) is 2. The summed E-state index contributed by atoms with van der Waals surface area (Å²) in [4.78, 5) is 27.4. The summed E-state index contributed by atoms with van der Waals surface area (Å²) in [5, 5.41) is 13.4. The number of carbonyl (C=O) groups excluding carboxylic acids is 1. The fourth-order valence-electron chi connectivity index (χ4n) is 1.07. The van der Waals surface area contributed by atoms with Gasteiger partial charge in [-0.05, 0) is 6.92 Å². The Bertz CT molecular complexity index is 402. The largest absolute Gasteiger partial charge is 0.476 e. The van der Waals surface area contributed by atoms with Crippen LogP contribution in [0.15, 0.2) is 5.38 Å². The molecule has 0 saturated carbocycles. The molecule has 1 aromatic rings. The van der Waals surface area contributed by atoms with E-state index in [4.69, 9.17) is 5.11 Å². The third kappa shape index (κ3) is 2.93. The first-order valence-corrected chi connectivity index (χ1v) is 5.46. The van der Waals surface area contributed by atoms with E-state index in [-0.39, 0.29) is 11.6 Å². The molecular formula is C9H13N3O3S. The lowest BCUT2D eigenvalue weighted by atomic mass is 10.3. The zero-order chi connectivity index (χ0) is 12.3. The lowest BCUT2D eigenvalue weighted by Gasteiger charge is -2.17. The summed E-state index contributed by atoms with van der Waals surface area (Å²) >= 11 is 1.16. The molecule has 0 aliphatic carbocycles. The Kier molecular flexibility index (Phi) is 3.83. The molecule has 0 aliphatic heterocycles. The van der Waals surface area contributed by atoms with Crippen molar-refractivity contribution in [2.75, 3.05) is 19.4 Å². The SMILES string of the molecule is CC(Nc1nc(C(=O)O)cs1)C(=O)N(C)C. The predicted molar refractivity (Wildman–Crippen MR) is 60.9 cm³/mol. The Morgan fingerprint density at radius 1 is 1.56 bits per heavy atom. The van der Waals surface area contributed by atoms with E-state index in [1.54, 1.807) is 21.0 Å². The van der Waals surface area contributed by atoms with Gasteiger partial charge in [0, 0.05) is 19.5 Å². The Morgan fingerprint density at radius 2 is 2.19 bits per heavy atom. The minimum Gasteiger partial charge on any atom is -0.476 e. The van der Waals surface area contributed by atoms with Crippen LogP contribution in [0.1, 0.15) is 17.4 Å². The number of hydrogen-bond donors (Lipinski definition) is 2. The number of amides is 1. The molecule has 1 unspecified atom stereocenters. The van der Waals surface area contributed by atoms with Crippen molar-refractivity contribution in [2.24, 2.45) is 0 Å². The average Bonchev–Trinajstić information content (AvgIpc) is 2.64. The van der Waals surface area contributed by atoms with Crippen LogP contribution in [0.5, 0.6) is 0 Å². The van der Waals surface area contributed by atoms with Gasteiger partial charge in [-0.15, -0.1) is 11.3 Å². The molecule has 0 aliphatic rings. The number of carboxylic acid groups (broad SMARTS) is 1. The number of rotatable bonds is 4. The van der Waals surface area contributed by atoms with Gasteiger partial charge < -0.3 is 15.3 Å². The molecular weight excluding hydrogens is 230 g/mol. The molecule has 1 amide bonds. The standard InChI is InChI=1S/C9H13N3O3S/c1-5(7(13)12(2)3)10-9-11-6(4-16-9)8(14)15/h4-5H,1-3H3,(H,10,11)(H,14,15). The number of aromatic nitrogens is 1. The van der Waals surface area contributed by atoms with Crippen LogP contribution in [0, 0.1) is 0 Å². The van der Waals surface area contributed by atoms with E-state index in [1.807, 2.05) is 0 Å². The van der Waals surface area contributed by atoms with Gasteiger partial charge in [-0.25, -0.2) is 9.78 Å². The highest BCUT2D eigenvalue weighted by Crippen LogP contribution is 2.16. The minimum atomic E-state index is -1.07. The number of anilines is 1. The maximum Gasteiger partial charge on any atom is 0.355 e. The van der Waals surface area contributed by atoms with Gasteiger partial charge in [0.15, 0.2) is 10.8 Å². The summed E-state index contributed by atoms with van der Waals surface area (Å²) in [6, 6.07) is -0.428. The second-order valence-electron chi connectivity index (χ2n) is 3.44. The number of thiazole rings is 1. The molecule has 1 atom stereocenters. The van der Waals surface area contributed by atoms with Crippen LogP contribution in [0.2, 0.25) is 0 Å². The molecule has 7 heteroatoms. The first-order chi connectivity index (χ1) is 7.41. The minimum absolute atomic E-state index is 0.0167. The second kappa shape index (κ2) is 4.93. The van der Waals surface area contributed by atoms with Gasteiger partial charge in [0.25, 0.3) is 0 Å². The molecule has 1 heterocycles. The van der Waals surface area contributed by atoms with Crippen molar-refractivity contribution in [3.63, 3.8) is 0 Å². The molecule has 0 bridgehead atoms. The van der Waals surface area contributed by atoms with E-state index >= 15 is 0 Å². The highest BCUT2D eigenvalue weighted by molar-refractivity contribution is 7.13. The number of carboxylic acids is 1. The van der Waals surface area contributed by atoms with Gasteiger partial charge in [0.05, 0.1) is 0 Å². The van der Waals surface area contributed by atoms with E-state index < -0.39 is 12.0 Å². The number of likely N-dealkylation sites (N-methyl/N-ethyl adjacent to an activating group) is 1. The summed E-state index contributed by atoms with van der Waals surface area (Å²) in [6.07, 6.45) is 0. The van der Waals surface area contributed by atoms with Crippen molar-refractivity contribution in [3.05, 3.63) is 11.1 Å². The van der Waals surface area contributed by atoms with Crippen LogP contribution in [-0.2, 0) is 4.79 Å². The van der Waals surface area contributed by atoms with Crippen molar-refractivity contribution < 1.29 is 14.7 Å². The van der Waals surface area contributed by atoms with Gasteiger partial charge in [-0.2, -0.15) is 0 Å².